The van der Waals surface area contributed by atoms with Crippen LogP contribution in [0.4, 0.5) is 4.79 Å². The first-order chi connectivity index (χ1) is 22.6. The van der Waals surface area contributed by atoms with Crippen LogP contribution in [0.3, 0.4) is 0 Å². The van der Waals surface area contributed by atoms with Crippen LogP contribution in [0.1, 0.15) is 74.5 Å². The van der Waals surface area contributed by atoms with E-state index >= 15 is 0 Å². The van der Waals surface area contributed by atoms with Gasteiger partial charge in [-0.2, -0.15) is 0 Å². The molecule has 1 N–H and O–H groups in total. The minimum absolute atomic E-state index is 0.0797. The lowest BCUT2D eigenvalue weighted by Crippen LogP contribution is -2.52. The minimum atomic E-state index is -0.691. The van der Waals surface area contributed by atoms with Gasteiger partial charge in [0.15, 0.2) is 0 Å². The molecule has 1 aliphatic rings. The number of hydrogen-bond acceptors (Lipinski definition) is 5. The lowest BCUT2D eigenvalue weighted by Gasteiger charge is -2.38. The second kappa shape index (κ2) is 15.0. The number of amides is 2. The van der Waals surface area contributed by atoms with Crippen LogP contribution in [0.15, 0.2) is 97.3 Å². The van der Waals surface area contributed by atoms with Gasteiger partial charge in [0, 0.05) is 25.9 Å². The van der Waals surface area contributed by atoms with Gasteiger partial charge in [0.05, 0.1) is 18.1 Å². The predicted octanol–water partition coefficient (Wildman–Crippen LogP) is 6.89. The van der Waals surface area contributed by atoms with Crippen LogP contribution in [0.25, 0.3) is 0 Å². The van der Waals surface area contributed by atoms with Crippen molar-refractivity contribution < 1.29 is 19.1 Å². The molecule has 248 valence electrons. The quantitative estimate of drug-likeness (QED) is 0.181. The summed E-state index contributed by atoms with van der Waals surface area (Å²) in [4.78, 5) is 33.3. The Balaban J connectivity index is 1.42. The van der Waals surface area contributed by atoms with Crippen molar-refractivity contribution in [3.63, 3.8) is 0 Å². The summed E-state index contributed by atoms with van der Waals surface area (Å²) in [5.41, 5.74) is 4.09. The summed E-state index contributed by atoms with van der Waals surface area (Å²) < 4.78 is 13.3. The Bertz CT molecular complexity index is 1490. The molecule has 0 unspecified atom stereocenters. The molecular weight excluding hydrogens is 588 g/mol. The van der Waals surface area contributed by atoms with E-state index in [2.05, 4.69) is 89.6 Å². The fourth-order valence-corrected chi connectivity index (χ4v) is 6.70. The summed E-state index contributed by atoms with van der Waals surface area (Å²) in [5.74, 6) is -0.0797. The number of hydrogen-bond donors (Lipinski definition) is 1. The van der Waals surface area contributed by atoms with Gasteiger partial charge in [-0.3, -0.25) is 4.79 Å². The van der Waals surface area contributed by atoms with E-state index in [0.29, 0.717) is 32.4 Å². The number of nitrogens with zero attached hydrogens (tertiary/aromatic N) is 3. The summed E-state index contributed by atoms with van der Waals surface area (Å²) in [7, 11) is 1.71. The third-order valence-electron chi connectivity index (χ3n) is 9.03. The lowest BCUT2D eigenvalue weighted by molar-refractivity contribution is -0.136. The fraction of sp³-hybridized carbons (Fsp3) is 0.410. The first-order valence-electron chi connectivity index (χ1n) is 16.6. The zero-order valence-electron chi connectivity index (χ0n) is 28.3. The van der Waals surface area contributed by atoms with Crippen LogP contribution >= 0.6 is 0 Å². The van der Waals surface area contributed by atoms with Crippen LogP contribution < -0.4 is 5.32 Å². The summed E-state index contributed by atoms with van der Waals surface area (Å²) >= 11 is 0. The first kappa shape index (κ1) is 33.9. The van der Waals surface area contributed by atoms with Crippen molar-refractivity contribution in [2.75, 3.05) is 20.2 Å². The molecule has 2 heterocycles. The number of rotatable bonds is 11. The van der Waals surface area contributed by atoms with Crippen molar-refractivity contribution in [2.45, 2.75) is 83.1 Å². The van der Waals surface area contributed by atoms with E-state index < -0.39 is 23.3 Å². The highest BCUT2D eigenvalue weighted by atomic mass is 16.6. The van der Waals surface area contributed by atoms with Gasteiger partial charge < -0.3 is 24.3 Å². The molecule has 47 heavy (non-hydrogen) atoms. The number of benzene rings is 3. The maximum Gasteiger partial charge on any atom is 0.408 e. The Morgan fingerprint density at radius 2 is 1.38 bits per heavy atom. The molecule has 0 radical (unpaired) electrons. The Hall–Kier alpha value is -4.43. The highest BCUT2D eigenvalue weighted by Gasteiger charge is 2.39. The monoisotopic (exact) mass is 636 g/mol. The summed E-state index contributed by atoms with van der Waals surface area (Å²) in [6.07, 6.45) is 4.86. The number of alkyl carbamates (subject to hydrolysis) is 1. The Labute approximate surface area is 279 Å². The summed E-state index contributed by atoms with van der Waals surface area (Å²) in [5, 5.41) is 2.88. The predicted molar refractivity (Wildman–Crippen MR) is 184 cm³/mol. The molecule has 8 heteroatoms. The molecule has 0 bridgehead atoms. The highest BCUT2D eigenvalue weighted by molar-refractivity contribution is 5.85. The second-order valence-corrected chi connectivity index (χ2v) is 13.3. The molecule has 1 atom stereocenters. The number of nitrogens with one attached hydrogen (secondary N) is 1. The van der Waals surface area contributed by atoms with E-state index in [1.807, 2.05) is 50.2 Å². The van der Waals surface area contributed by atoms with E-state index in [4.69, 9.17) is 14.5 Å². The van der Waals surface area contributed by atoms with E-state index in [1.54, 1.807) is 7.11 Å². The third kappa shape index (κ3) is 7.76. The van der Waals surface area contributed by atoms with Gasteiger partial charge in [0.25, 0.3) is 0 Å². The first-order valence-corrected chi connectivity index (χ1v) is 16.6. The van der Waals surface area contributed by atoms with Crippen molar-refractivity contribution in [1.82, 2.24) is 19.8 Å². The standard InChI is InChI=1S/C39H48N4O4/c1-29-34(22-15-23-35(41-37(45)47-38(2,3)4)36(44)42-26-24-33(46-5)25-27-42)40-28-43(29)39(30-16-9-6-10-17-30,31-18-11-7-12-19-31)32-20-13-8-14-21-32/h6-14,16-21,28,33,35H,15,22-27H2,1-5H3,(H,41,45)/t35-/m0/s1. The lowest BCUT2D eigenvalue weighted by atomic mass is 9.76. The van der Waals surface area contributed by atoms with Crippen molar-refractivity contribution >= 4 is 12.0 Å². The molecule has 1 aliphatic heterocycles. The van der Waals surface area contributed by atoms with Gasteiger partial charge in [-0.05, 0) is 76.5 Å². The second-order valence-electron chi connectivity index (χ2n) is 13.3. The SMILES string of the molecule is COC1CCN(C(=O)[C@H](CCCc2ncn(C(c3ccccc3)(c3ccccc3)c3ccccc3)c2C)NC(=O)OC(C)(C)C)CC1. The number of aryl methyl sites for hydroxylation is 1. The van der Waals surface area contributed by atoms with Crippen molar-refractivity contribution in [3.05, 3.63) is 125 Å². The normalized spacial score (nSPS) is 14.9. The van der Waals surface area contributed by atoms with E-state index in [0.717, 1.165) is 40.9 Å². The van der Waals surface area contributed by atoms with Gasteiger partial charge in [-0.1, -0.05) is 91.0 Å². The minimum Gasteiger partial charge on any atom is -0.444 e. The average molecular weight is 637 g/mol. The summed E-state index contributed by atoms with van der Waals surface area (Å²) in [6.45, 7) is 8.78. The van der Waals surface area contributed by atoms with Gasteiger partial charge in [0.2, 0.25) is 5.91 Å². The fourth-order valence-electron chi connectivity index (χ4n) is 6.70. The molecule has 4 aromatic rings. The molecule has 1 fully saturated rings. The third-order valence-corrected chi connectivity index (χ3v) is 9.03. The van der Waals surface area contributed by atoms with Crippen molar-refractivity contribution in [1.29, 1.82) is 0 Å². The van der Waals surface area contributed by atoms with E-state index in [9.17, 15) is 9.59 Å². The molecule has 1 aromatic heterocycles. The van der Waals surface area contributed by atoms with Crippen LogP contribution in [-0.2, 0) is 26.2 Å². The zero-order valence-corrected chi connectivity index (χ0v) is 28.3. The average Bonchev–Trinajstić information content (AvgIpc) is 3.44. The molecule has 2 amide bonds. The molecule has 0 spiro atoms. The number of carbonyl (C=O) groups is 2. The van der Waals surface area contributed by atoms with Gasteiger partial charge >= 0.3 is 6.09 Å². The smallest absolute Gasteiger partial charge is 0.408 e. The Kier molecular flexibility index (Phi) is 10.8. The van der Waals surface area contributed by atoms with Gasteiger partial charge in [-0.15, -0.1) is 0 Å². The molecule has 3 aromatic carbocycles. The van der Waals surface area contributed by atoms with Crippen molar-refractivity contribution in [3.8, 4) is 0 Å². The zero-order chi connectivity index (χ0) is 33.4. The van der Waals surface area contributed by atoms with E-state index in [-0.39, 0.29) is 12.0 Å². The van der Waals surface area contributed by atoms with Crippen LogP contribution in [-0.4, -0.2) is 64.4 Å². The Morgan fingerprint density at radius 3 is 1.85 bits per heavy atom. The van der Waals surface area contributed by atoms with Gasteiger partial charge in [-0.25, -0.2) is 9.78 Å². The van der Waals surface area contributed by atoms with Crippen LogP contribution in [0, 0.1) is 6.92 Å². The number of carbonyl (C=O) groups excluding carboxylic acids is 2. The molecule has 8 nitrogen and oxygen atoms in total. The number of piperidine rings is 1. The number of aromatic nitrogens is 2. The maximum atomic E-state index is 13.7. The molecular formula is C39H48N4O4. The van der Waals surface area contributed by atoms with Crippen LogP contribution in [0.2, 0.25) is 0 Å². The number of imidazole rings is 1. The Morgan fingerprint density at radius 1 is 0.872 bits per heavy atom. The molecule has 0 saturated carbocycles. The topological polar surface area (TPSA) is 85.7 Å². The van der Waals surface area contributed by atoms with Gasteiger partial charge in [0.1, 0.15) is 17.2 Å². The highest BCUT2D eigenvalue weighted by Crippen LogP contribution is 2.42. The number of ether oxygens (including phenoxy) is 2. The van der Waals surface area contributed by atoms with Crippen molar-refractivity contribution in [2.24, 2.45) is 0 Å². The molecule has 0 aliphatic carbocycles. The molecule has 1 saturated heterocycles. The van der Waals surface area contributed by atoms with E-state index in [1.165, 1.54) is 0 Å². The summed E-state index contributed by atoms with van der Waals surface area (Å²) in [6, 6.07) is 30.9. The largest absolute Gasteiger partial charge is 0.444 e. The maximum absolute atomic E-state index is 13.7. The molecule has 5 rings (SSSR count). The number of methoxy groups -OCH3 is 1. The number of likely N-dealkylation sites (tertiary alicyclic amines) is 1. The van der Waals surface area contributed by atoms with Crippen LogP contribution in [0.5, 0.6) is 0 Å².